The Morgan fingerprint density at radius 1 is 1.03 bits per heavy atom. The van der Waals surface area contributed by atoms with Gasteiger partial charge in [0.2, 0.25) is 10.0 Å². The van der Waals surface area contributed by atoms with Crippen LogP contribution in [0, 0.1) is 11.6 Å². The molecule has 0 bridgehead atoms. The van der Waals surface area contributed by atoms with Gasteiger partial charge in [0.1, 0.15) is 5.75 Å². The Hall–Kier alpha value is -2.52. The summed E-state index contributed by atoms with van der Waals surface area (Å²) in [5.41, 5.74) is 0.491. The first-order valence-corrected chi connectivity index (χ1v) is 11.6. The predicted molar refractivity (Wildman–Crippen MR) is 112 cm³/mol. The van der Waals surface area contributed by atoms with Crippen LogP contribution < -0.4 is 4.74 Å². The molecule has 0 aromatic heterocycles. The number of halogens is 2. The Morgan fingerprint density at radius 2 is 1.71 bits per heavy atom. The first kappa shape index (κ1) is 23.1. The Morgan fingerprint density at radius 3 is 2.32 bits per heavy atom. The molecule has 1 aliphatic heterocycles. The molecule has 31 heavy (non-hydrogen) atoms. The lowest BCUT2D eigenvalue weighted by Gasteiger charge is -2.22. The van der Waals surface area contributed by atoms with Gasteiger partial charge in [0, 0.05) is 26.7 Å². The summed E-state index contributed by atoms with van der Waals surface area (Å²) in [6.45, 7) is 0.920. The van der Waals surface area contributed by atoms with Gasteiger partial charge in [0.15, 0.2) is 11.6 Å². The number of nitrogens with zero attached hydrogens (tertiary/aromatic N) is 2. The minimum Gasteiger partial charge on any atom is -0.496 e. The third-order valence-electron chi connectivity index (χ3n) is 5.35. The van der Waals surface area contributed by atoms with Gasteiger partial charge in [-0.3, -0.25) is 4.79 Å². The van der Waals surface area contributed by atoms with Crippen LogP contribution in [-0.2, 0) is 16.6 Å². The maximum absolute atomic E-state index is 13.5. The van der Waals surface area contributed by atoms with E-state index in [1.165, 1.54) is 47.6 Å². The Balaban J connectivity index is 1.88. The van der Waals surface area contributed by atoms with Crippen molar-refractivity contribution >= 4 is 15.9 Å². The van der Waals surface area contributed by atoms with E-state index in [1.807, 2.05) is 0 Å². The van der Waals surface area contributed by atoms with E-state index < -0.39 is 27.6 Å². The van der Waals surface area contributed by atoms with Crippen molar-refractivity contribution in [2.24, 2.45) is 0 Å². The lowest BCUT2D eigenvalue weighted by Crippen LogP contribution is -2.32. The first-order valence-electron chi connectivity index (χ1n) is 10.1. The molecule has 1 heterocycles. The normalized spacial score (nSPS) is 15.4. The molecule has 0 spiro atoms. The van der Waals surface area contributed by atoms with Gasteiger partial charge in [0.05, 0.1) is 17.6 Å². The van der Waals surface area contributed by atoms with Crippen molar-refractivity contribution in [2.75, 3.05) is 27.2 Å². The van der Waals surface area contributed by atoms with Gasteiger partial charge < -0.3 is 9.64 Å². The van der Waals surface area contributed by atoms with E-state index in [9.17, 15) is 22.0 Å². The number of rotatable bonds is 6. The van der Waals surface area contributed by atoms with E-state index in [1.54, 1.807) is 0 Å². The van der Waals surface area contributed by atoms with Crippen LogP contribution in [0.15, 0.2) is 41.3 Å². The quantitative estimate of drug-likeness (QED) is 0.669. The number of hydrogen-bond donors (Lipinski definition) is 0. The van der Waals surface area contributed by atoms with E-state index >= 15 is 0 Å². The first-order chi connectivity index (χ1) is 14.7. The summed E-state index contributed by atoms with van der Waals surface area (Å²) in [6.07, 6.45) is 3.59. The maximum atomic E-state index is 13.5. The number of benzene rings is 2. The molecule has 9 heteroatoms. The summed E-state index contributed by atoms with van der Waals surface area (Å²) in [4.78, 5) is 14.4. The predicted octanol–water partition coefficient (Wildman–Crippen LogP) is 3.81. The van der Waals surface area contributed by atoms with Crippen molar-refractivity contribution in [1.29, 1.82) is 0 Å². The average molecular weight is 453 g/mol. The molecule has 0 aliphatic carbocycles. The molecule has 1 amide bonds. The molecule has 0 unspecified atom stereocenters. The number of carbonyl (C=O) groups is 1. The number of sulfonamides is 1. The van der Waals surface area contributed by atoms with Crippen molar-refractivity contribution < 1.29 is 26.7 Å². The lowest BCUT2D eigenvalue weighted by molar-refractivity contribution is 0.0781. The molecule has 1 aliphatic rings. The van der Waals surface area contributed by atoms with Crippen molar-refractivity contribution in [3.05, 3.63) is 59.2 Å². The number of carbonyl (C=O) groups excluding carboxylic acids is 1. The SMILES string of the molecule is COc1ccc(S(=O)(=O)N2CCCCCC2)cc1C(=O)N(C)Cc1ccc(F)c(F)c1. The third-order valence-corrected chi connectivity index (χ3v) is 7.25. The molecule has 2 aromatic rings. The van der Waals surface area contributed by atoms with Crippen LogP contribution in [-0.4, -0.2) is 50.8 Å². The fourth-order valence-corrected chi connectivity index (χ4v) is 5.18. The van der Waals surface area contributed by atoms with Crippen LogP contribution in [0.25, 0.3) is 0 Å². The molecule has 0 saturated carbocycles. The Kier molecular flexibility index (Phi) is 7.27. The summed E-state index contributed by atoms with van der Waals surface area (Å²) in [7, 11) is -0.853. The van der Waals surface area contributed by atoms with Crippen LogP contribution in [0.5, 0.6) is 5.75 Å². The second kappa shape index (κ2) is 9.74. The molecule has 6 nitrogen and oxygen atoms in total. The number of hydrogen-bond acceptors (Lipinski definition) is 4. The number of ether oxygens (including phenoxy) is 1. The zero-order valence-corrected chi connectivity index (χ0v) is 18.4. The Labute approximate surface area is 181 Å². The highest BCUT2D eigenvalue weighted by Crippen LogP contribution is 2.27. The molecular weight excluding hydrogens is 426 g/mol. The van der Waals surface area contributed by atoms with Crippen molar-refractivity contribution in [3.8, 4) is 5.75 Å². The van der Waals surface area contributed by atoms with E-state index in [-0.39, 0.29) is 22.8 Å². The summed E-state index contributed by atoms with van der Waals surface area (Å²) in [6, 6.07) is 7.63. The lowest BCUT2D eigenvalue weighted by atomic mass is 10.1. The molecule has 0 N–H and O–H groups in total. The van der Waals surface area contributed by atoms with Crippen LogP contribution in [0.1, 0.15) is 41.6 Å². The van der Waals surface area contributed by atoms with E-state index in [0.29, 0.717) is 18.7 Å². The topological polar surface area (TPSA) is 66.9 Å². The van der Waals surface area contributed by atoms with Crippen LogP contribution in [0.2, 0.25) is 0 Å². The van der Waals surface area contributed by atoms with E-state index in [0.717, 1.165) is 37.8 Å². The highest BCUT2D eigenvalue weighted by molar-refractivity contribution is 7.89. The third kappa shape index (κ3) is 5.22. The minimum atomic E-state index is -3.75. The molecule has 0 radical (unpaired) electrons. The summed E-state index contributed by atoms with van der Waals surface area (Å²) in [5.74, 6) is -2.22. The minimum absolute atomic E-state index is 0.0162. The summed E-state index contributed by atoms with van der Waals surface area (Å²) < 4.78 is 59.6. The molecule has 2 aromatic carbocycles. The largest absolute Gasteiger partial charge is 0.496 e. The second-order valence-electron chi connectivity index (χ2n) is 7.59. The fourth-order valence-electron chi connectivity index (χ4n) is 3.64. The van der Waals surface area contributed by atoms with Gasteiger partial charge >= 0.3 is 0 Å². The fraction of sp³-hybridized carbons (Fsp3) is 0.409. The molecule has 1 fully saturated rings. The Bertz CT molecular complexity index is 1050. The standard InChI is InChI=1S/C22H26F2N2O4S/c1-25(15-16-7-9-19(23)20(24)13-16)22(27)18-14-17(8-10-21(18)30-2)31(28,29)26-11-5-3-4-6-12-26/h7-10,13-14H,3-6,11-12,15H2,1-2H3. The number of amides is 1. The van der Waals surface area contributed by atoms with Gasteiger partial charge in [-0.05, 0) is 48.7 Å². The van der Waals surface area contributed by atoms with Gasteiger partial charge in [-0.2, -0.15) is 4.31 Å². The molecule has 1 saturated heterocycles. The van der Waals surface area contributed by atoms with E-state index in [4.69, 9.17) is 4.74 Å². The monoisotopic (exact) mass is 452 g/mol. The van der Waals surface area contributed by atoms with Crippen molar-refractivity contribution in [3.63, 3.8) is 0 Å². The highest BCUT2D eigenvalue weighted by Gasteiger charge is 2.28. The number of methoxy groups -OCH3 is 1. The van der Waals surface area contributed by atoms with Gasteiger partial charge in [-0.25, -0.2) is 17.2 Å². The summed E-state index contributed by atoms with van der Waals surface area (Å²) in [5, 5.41) is 0. The van der Waals surface area contributed by atoms with Crippen LogP contribution in [0.3, 0.4) is 0 Å². The van der Waals surface area contributed by atoms with E-state index in [2.05, 4.69) is 0 Å². The van der Waals surface area contributed by atoms with Crippen molar-refractivity contribution in [1.82, 2.24) is 9.21 Å². The van der Waals surface area contributed by atoms with Gasteiger partial charge in [0.25, 0.3) is 5.91 Å². The zero-order valence-electron chi connectivity index (χ0n) is 17.6. The van der Waals surface area contributed by atoms with Crippen LogP contribution in [0.4, 0.5) is 8.78 Å². The van der Waals surface area contributed by atoms with Crippen LogP contribution >= 0.6 is 0 Å². The summed E-state index contributed by atoms with van der Waals surface area (Å²) >= 11 is 0. The molecular formula is C22H26F2N2O4S. The average Bonchev–Trinajstić information content (AvgIpc) is 3.05. The van der Waals surface area contributed by atoms with Gasteiger partial charge in [-0.1, -0.05) is 18.9 Å². The zero-order chi connectivity index (χ0) is 22.6. The van der Waals surface area contributed by atoms with Crippen molar-refractivity contribution in [2.45, 2.75) is 37.1 Å². The smallest absolute Gasteiger partial charge is 0.257 e. The second-order valence-corrected chi connectivity index (χ2v) is 9.53. The molecule has 0 atom stereocenters. The molecule has 168 valence electrons. The highest BCUT2D eigenvalue weighted by atomic mass is 32.2. The maximum Gasteiger partial charge on any atom is 0.257 e. The van der Waals surface area contributed by atoms with Gasteiger partial charge in [-0.15, -0.1) is 0 Å². The molecule has 3 rings (SSSR count).